The normalized spacial score (nSPS) is 9.57. The van der Waals surface area contributed by atoms with Crippen molar-refractivity contribution < 1.29 is 13.9 Å². The van der Waals surface area contributed by atoms with Crippen LogP contribution in [0, 0.1) is 0 Å². The molecule has 0 N–H and O–H groups in total. The van der Waals surface area contributed by atoms with Gasteiger partial charge in [0.2, 0.25) is 0 Å². The van der Waals surface area contributed by atoms with Gasteiger partial charge in [0.05, 0.1) is 0 Å². The standard InChI is InChI=1S/C11H11FO2/c1-8(12)11-5-3-10(4-6-11)7-14-9(2)13/h3-6H,1,7H2,2H3. The predicted octanol–water partition coefficient (Wildman–Crippen LogP) is 2.69. The maximum atomic E-state index is 12.6. The molecular weight excluding hydrogens is 183 g/mol. The Labute approximate surface area is 82.0 Å². The lowest BCUT2D eigenvalue weighted by molar-refractivity contribution is -0.142. The molecule has 74 valence electrons. The van der Waals surface area contributed by atoms with Gasteiger partial charge in [-0.15, -0.1) is 0 Å². The number of hydrogen-bond donors (Lipinski definition) is 0. The second-order valence-corrected chi connectivity index (χ2v) is 2.88. The van der Waals surface area contributed by atoms with Crippen LogP contribution >= 0.6 is 0 Å². The van der Waals surface area contributed by atoms with Gasteiger partial charge >= 0.3 is 5.97 Å². The number of rotatable bonds is 3. The number of hydrogen-bond acceptors (Lipinski definition) is 2. The number of halogens is 1. The van der Waals surface area contributed by atoms with E-state index in [1.807, 2.05) is 0 Å². The molecule has 0 aromatic heterocycles. The van der Waals surface area contributed by atoms with E-state index in [-0.39, 0.29) is 12.6 Å². The summed E-state index contributed by atoms with van der Waals surface area (Å²) in [6.45, 7) is 4.74. The van der Waals surface area contributed by atoms with Crippen molar-refractivity contribution in [3.8, 4) is 0 Å². The maximum absolute atomic E-state index is 12.6. The molecule has 0 unspecified atom stereocenters. The Morgan fingerprint density at radius 3 is 2.43 bits per heavy atom. The van der Waals surface area contributed by atoms with Crippen LogP contribution in [0.5, 0.6) is 0 Å². The molecular formula is C11H11FO2. The van der Waals surface area contributed by atoms with Crippen molar-refractivity contribution in [3.63, 3.8) is 0 Å². The molecule has 0 saturated carbocycles. The zero-order valence-corrected chi connectivity index (χ0v) is 7.92. The third kappa shape index (κ3) is 3.01. The highest BCUT2D eigenvalue weighted by atomic mass is 19.1. The third-order valence-electron chi connectivity index (χ3n) is 1.71. The highest BCUT2D eigenvalue weighted by Gasteiger charge is 1.99. The first-order chi connectivity index (χ1) is 6.59. The lowest BCUT2D eigenvalue weighted by atomic mass is 10.1. The second kappa shape index (κ2) is 4.56. The fourth-order valence-corrected chi connectivity index (χ4v) is 0.967. The van der Waals surface area contributed by atoms with Crippen LogP contribution in [0.3, 0.4) is 0 Å². The van der Waals surface area contributed by atoms with Gasteiger partial charge in [-0.05, 0) is 5.56 Å². The topological polar surface area (TPSA) is 26.3 Å². The zero-order valence-electron chi connectivity index (χ0n) is 7.92. The van der Waals surface area contributed by atoms with E-state index in [1.54, 1.807) is 24.3 Å². The summed E-state index contributed by atoms with van der Waals surface area (Å²) in [6, 6.07) is 6.59. The van der Waals surface area contributed by atoms with Crippen molar-refractivity contribution >= 4 is 11.8 Å². The molecule has 1 aromatic carbocycles. The van der Waals surface area contributed by atoms with Crippen molar-refractivity contribution in [1.29, 1.82) is 0 Å². The maximum Gasteiger partial charge on any atom is 0.302 e. The molecule has 0 aliphatic rings. The average molecular weight is 194 g/mol. The summed E-state index contributed by atoms with van der Waals surface area (Å²) in [4.78, 5) is 10.5. The molecule has 0 radical (unpaired) electrons. The molecule has 0 spiro atoms. The van der Waals surface area contributed by atoms with Gasteiger partial charge in [0.15, 0.2) is 0 Å². The molecule has 0 fully saturated rings. The summed E-state index contributed by atoms with van der Waals surface area (Å²) in [6.07, 6.45) is 0. The molecule has 1 rings (SSSR count). The summed E-state index contributed by atoms with van der Waals surface area (Å²) in [5.74, 6) is -0.798. The Morgan fingerprint density at radius 2 is 2.00 bits per heavy atom. The Morgan fingerprint density at radius 1 is 1.43 bits per heavy atom. The summed E-state index contributed by atoms with van der Waals surface area (Å²) >= 11 is 0. The molecule has 0 atom stereocenters. The summed E-state index contributed by atoms with van der Waals surface area (Å²) in [7, 11) is 0. The van der Waals surface area contributed by atoms with Gasteiger partial charge in [-0.1, -0.05) is 30.8 Å². The van der Waals surface area contributed by atoms with Crippen molar-refractivity contribution in [3.05, 3.63) is 42.0 Å². The van der Waals surface area contributed by atoms with Crippen molar-refractivity contribution in [2.24, 2.45) is 0 Å². The van der Waals surface area contributed by atoms with Crippen molar-refractivity contribution in [1.82, 2.24) is 0 Å². The quantitative estimate of drug-likeness (QED) is 0.691. The van der Waals surface area contributed by atoms with Gasteiger partial charge in [0.25, 0.3) is 0 Å². The molecule has 14 heavy (non-hydrogen) atoms. The van der Waals surface area contributed by atoms with E-state index in [0.29, 0.717) is 5.56 Å². The first kappa shape index (κ1) is 10.4. The van der Waals surface area contributed by atoms with Gasteiger partial charge in [0.1, 0.15) is 12.4 Å². The average Bonchev–Trinajstić information content (AvgIpc) is 2.15. The molecule has 3 heteroatoms. The number of carbonyl (C=O) groups excluding carboxylic acids is 1. The summed E-state index contributed by atoms with van der Waals surface area (Å²) in [5.41, 5.74) is 1.27. The largest absolute Gasteiger partial charge is 0.461 e. The third-order valence-corrected chi connectivity index (χ3v) is 1.71. The fourth-order valence-electron chi connectivity index (χ4n) is 0.967. The van der Waals surface area contributed by atoms with E-state index < -0.39 is 5.83 Å². The monoisotopic (exact) mass is 194 g/mol. The van der Waals surface area contributed by atoms with Gasteiger partial charge in [0, 0.05) is 12.5 Å². The smallest absolute Gasteiger partial charge is 0.302 e. The Balaban J connectivity index is 2.64. The Kier molecular flexibility index (Phi) is 3.40. The van der Waals surface area contributed by atoms with E-state index in [0.717, 1.165) is 5.56 Å². The van der Waals surface area contributed by atoms with Gasteiger partial charge in [-0.25, -0.2) is 4.39 Å². The van der Waals surface area contributed by atoms with E-state index >= 15 is 0 Å². The minimum Gasteiger partial charge on any atom is -0.461 e. The molecule has 1 aromatic rings. The van der Waals surface area contributed by atoms with Crippen LogP contribution in [-0.2, 0) is 16.1 Å². The lowest BCUT2D eigenvalue weighted by Gasteiger charge is -2.02. The minimum atomic E-state index is -0.468. The molecule has 0 aliphatic heterocycles. The van der Waals surface area contributed by atoms with Crippen LogP contribution in [-0.4, -0.2) is 5.97 Å². The van der Waals surface area contributed by atoms with Crippen LogP contribution in [0.15, 0.2) is 30.8 Å². The Bertz CT molecular complexity index is 341. The van der Waals surface area contributed by atoms with E-state index in [2.05, 4.69) is 6.58 Å². The van der Waals surface area contributed by atoms with Crippen molar-refractivity contribution in [2.75, 3.05) is 0 Å². The molecule has 0 amide bonds. The van der Waals surface area contributed by atoms with Crippen molar-refractivity contribution in [2.45, 2.75) is 13.5 Å². The van der Waals surface area contributed by atoms with Gasteiger partial charge < -0.3 is 4.74 Å². The van der Waals surface area contributed by atoms with E-state index in [1.165, 1.54) is 6.92 Å². The number of carbonyl (C=O) groups is 1. The predicted molar refractivity (Wildman–Crippen MR) is 52.1 cm³/mol. The van der Waals surface area contributed by atoms with Gasteiger partial charge in [-0.2, -0.15) is 0 Å². The number of benzene rings is 1. The summed E-state index contributed by atoms with van der Waals surface area (Å²) < 4.78 is 17.4. The highest BCUT2D eigenvalue weighted by Crippen LogP contribution is 2.14. The van der Waals surface area contributed by atoms with Crippen LogP contribution in [0.4, 0.5) is 4.39 Å². The van der Waals surface area contributed by atoms with Crippen LogP contribution in [0.1, 0.15) is 18.1 Å². The minimum absolute atomic E-state index is 0.217. The number of esters is 1. The van der Waals surface area contributed by atoms with E-state index in [4.69, 9.17) is 4.74 Å². The molecule has 2 nitrogen and oxygen atoms in total. The molecule has 0 bridgehead atoms. The Hall–Kier alpha value is -1.64. The molecule has 0 aliphatic carbocycles. The second-order valence-electron chi connectivity index (χ2n) is 2.88. The SMILES string of the molecule is C=C(F)c1ccc(COC(C)=O)cc1. The molecule has 0 heterocycles. The van der Waals surface area contributed by atoms with Crippen LogP contribution in [0.25, 0.3) is 5.83 Å². The zero-order chi connectivity index (χ0) is 10.6. The van der Waals surface area contributed by atoms with E-state index in [9.17, 15) is 9.18 Å². The number of ether oxygens (including phenoxy) is 1. The molecule has 0 saturated heterocycles. The first-order valence-electron chi connectivity index (χ1n) is 4.16. The lowest BCUT2D eigenvalue weighted by Crippen LogP contribution is -1.98. The highest BCUT2D eigenvalue weighted by molar-refractivity contribution is 5.66. The van der Waals surface area contributed by atoms with Crippen LogP contribution in [0.2, 0.25) is 0 Å². The van der Waals surface area contributed by atoms with Crippen LogP contribution < -0.4 is 0 Å². The fraction of sp³-hybridized carbons (Fsp3) is 0.182. The van der Waals surface area contributed by atoms with Gasteiger partial charge in [-0.3, -0.25) is 4.79 Å². The summed E-state index contributed by atoms with van der Waals surface area (Å²) in [5, 5.41) is 0. The first-order valence-corrected chi connectivity index (χ1v) is 4.16.